The highest BCUT2D eigenvalue weighted by Crippen LogP contribution is 2.22. The van der Waals surface area contributed by atoms with Crippen LogP contribution >= 0.6 is 0 Å². The molecule has 72 valence electrons. The Kier molecular flexibility index (Phi) is 2.54. The molecule has 0 radical (unpaired) electrons. The monoisotopic (exact) mass is 181 g/mol. The first-order chi connectivity index (χ1) is 6.40. The molecule has 2 heterocycles. The lowest BCUT2D eigenvalue weighted by Gasteiger charge is -2.25. The van der Waals surface area contributed by atoms with Gasteiger partial charge in [0.25, 0.3) is 0 Å². The first-order valence-electron chi connectivity index (χ1n) is 4.84. The number of nitrogens with zero attached hydrogens (tertiary/aromatic N) is 1. The Labute approximate surface area is 78.0 Å². The molecule has 0 spiro atoms. The largest absolute Gasteiger partial charge is 0.443 e. The molecule has 1 N–H and O–H groups in total. The maximum absolute atomic E-state index is 8.84. The molecule has 0 atom stereocenters. The van der Waals surface area contributed by atoms with E-state index >= 15 is 0 Å². The molecule has 1 aliphatic heterocycles. The number of aliphatic hydroxyl groups excluding tert-OH is 1. The first-order valence-corrected chi connectivity index (χ1v) is 4.84. The molecular weight excluding hydrogens is 166 g/mol. The summed E-state index contributed by atoms with van der Waals surface area (Å²) in [7, 11) is 0. The van der Waals surface area contributed by atoms with Gasteiger partial charge in [0.1, 0.15) is 12.4 Å². The Hall–Kier alpha value is -0.960. The quantitative estimate of drug-likeness (QED) is 0.755. The highest BCUT2D eigenvalue weighted by atomic mass is 16.4. The number of hydrogen-bond donors (Lipinski definition) is 1. The van der Waals surface area contributed by atoms with Crippen LogP contribution in [0.1, 0.15) is 25.0 Å². The minimum atomic E-state index is -0.00611. The van der Waals surface area contributed by atoms with Gasteiger partial charge in [-0.15, -0.1) is 0 Å². The Balaban J connectivity index is 2.05. The van der Waals surface area contributed by atoms with Crippen molar-refractivity contribution in [1.29, 1.82) is 0 Å². The molecule has 1 aromatic rings. The summed E-state index contributed by atoms with van der Waals surface area (Å²) in [6.45, 7) is 2.16. The summed E-state index contributed by atoms with van der Waals surface area (Å²) in [5.41, 5.74) is 0. The second-order valence-electron chi connectivity index (χ2n) is 3.45. The van der Waals surface area contributed by atoms with Crippen LogP contribution < -0.4 is 4.90 Å². The van der Waals surface area contributed by atoms with E-state index in [0.29, 0.717) is 5.76 Å². The summed E-state index contributed by atoms with van der Waals surface area (Å²) in [6, 6.07) is 3.78. The Morgan fingerprint density at radius 3 is 2.62 bits per heavy atom. The topological polar surface area (TPSA) is 36.6 Å². The van der Waals surface area contributed by atoms with E-state index in [0.717, 1.165) is 19.0 Å². The van der Waals surface area contributed by atoms with Crippen LogP contribution in [0.15, 0.2) is 16.5 Å². The van der Waals surface area contributed by atoms with Crippen molar-refractivity contribution in [3.63, 3.8) is 0 Å². The van der Waals surface area contributed by atoms with E-state index in [9.17, 15) is 0 Å². The number of rotatable bonds is 2. The molecular formula is C10H15NO2. The maximum Gasteiger partial charge on any atom is 0.195 e. The Bertz CT molecular complexity index is 264. The van der Waals surface area contributed by atoms with Crippen molar-refractivity contribution in [2.24, 2.45) is 0 Å². The molecule has 0 amide bonds. The number of furan rings is 1. The zero-order valence-corrected chi connectivity index (χ0v) is 7.70. The Morgan fingerprint density at radius 2 is 2.00 bits per heavy atom. The molecule has 0 unspecified atom stereocenters. The lowest BCUT2D eigenvalue weighted by molar-refractivity contribution is 0.247. The molecule has 3 heteroatoms. The summed E-state index contributed by atoms with van der Waals surface area (Å²) < 4.78 is 5.45. The van der Waals surface area contributed by atoms with Gasteiger partial charge in [0.15, 0.2) is 5.88 Å². The van der Waals surface area contributed by atoms with Crippen LogP contribution in [0.5, 0.6) is 0 Å². The number of piperidine rings is 1. The molecule has 0 bridgehead atoms. The van der Waals surface area contributed by atoms with E-state index in [1.165, 1.54) is 19.3 Å². The van der Waals surface area contributed by atoms with E-state index in [-0.39, 0.29) is 6.61 Å². The number of anilines is 1. The van der Waals surface area contributed by atoms with E-state index in [1.807, 2.05) is 12.1 Å². The van der Waals surface area contributed by atoms with E-state index in [4.69, 9.17) is 9.52 Å². The number of hydrogen-bond acceptors (Lipinski definition) is 3. The lowest BCUT2D eigenvalue weighted by Crippen LogP contribution is -2.28. The van der Waals surface area contributed by atoms with Crippen LogP contribution in [-0.2, 0) is 6.61 Å². The summed E-state index contributed by atoms with van der Waals surface area (Å²) in [5.74, 6) is 1.56. The summed E-state index contributed by atoms with van der Waals surface area (Å²) >= 11 is 0. The maximum atomic E-state index is 8.84. The van der Waals surface area contributed by atoms with Gasteiger partial charge in [0.2, 0.25) is 0 Å². The van der Waals surface area contributed by atoms with Gasteiger partial charge in [0.05, 0.1) is 0 Å². The average Bonchev–Trinajstić information content (AvgIpc) is 2.67. The van der Waals surface area contributed by atoms with Gasteiger partial charge in [-0.25, -0.2) is 0 Å². The van der Waals surface area contributed by atoms with Crippen molar-refractivity contribution in [2.75, 3.05) is 18.0 Å². The van der Waals surface area contributed by atoms with Crippen molar-refractivity contribution in [3.05, 3.63) is 17.9 Å². The van der Waals surface area contributed by atoms with Gasteiger partial charge >= 0.3 is 0 Å². The normalized spacial score (nSPS) is 17.8. The molecule has 1 aliphatic rings. The van der Waals surface area contributed by atoms with Gasteiger partial charge in [0, 0.05) is 19.2 Å². The summed E-state index contributed by atoms with van der Waals surface area (Å²) in [4.78, 5) is 2.24. The fourth-order valence-corrected chi connectivity index (χ4v) is 1.74. The summed E-state index contributed by atoms with van der Waals surface area (Å²) in [6.07, 6.45) is 3.81. The van der Waals surface area contributed by atoms with Crippen molar-refractivity contribution < 1.29 is 9.52 Å². The smallest absolute Gasteiger partial charge is 0.195 e. The van der Waals surface area contributed by atoms with Crippen LogP contribution in [0, 0.1) is 0 Å². The van der Waals surface area contributed by atoms with Crippen molar-refractivity contribution in [3.8, 4) is 0 Å². The van der Waals surface area contributed by atoms with Crippen LogP contribution in [0.3, 0.4) is 0 Å². The molecule has 1 aromatic heterocycles. The minimum absolute atomic E-state index is 0.00611. The van der Waals surface area contributed by atoms with Crippen LogP contribution in [0.25, 0.3) is 0 Å². The predicted molar refractivity (Wildman–Crippen MR) is 50.7 cm³/mol. The van der Waals surface area contributed by atoms with Crippen LogP contribution in [-0.4, -0.2) is 18.2 Å². The second-order valence-corrected chi connectivity index (χ2v) is 3.45. The minimum Gasteiger partial charge on any atom is -0.443 e. The molecule has 1 saturated heterocycles. The Morgan fingerprint density at radius 1 is 1.23 bits per heavy atom. The van der Waals surface area contributed by atoms with E-state index < -0.39 is 0 Å². The van der Waals surface area contributed by atoms with Gasteiger partial charge in [-0.2, -0.15) is 0 Å². The average molecular weight is 181 g/mol. The molecule has 3 nitrogen and oxygen atoms in total. The van der Waals surface area contributed by atoms with Crippen molar-refractivity contribution >= 4 is 5.88 Å². The molecule has 0 saturated carbocycles. The fourth-order valence-electron chi connectivity index (χ4n) is 1.74. The van der Waals surface area contributed by atoms with E-state index in [2.05, 4.69) is 4.90 Å². The molecule has 2 rings (SSSR count). The highest BCUT2D eigenvalue weighted by molar-refractivity contribution is 5.36. The van der Waals surface area contributed by atoms with Crippen molar-refractivity contribution in [1.82, 2.24) is 0 Å². The third-order valence-corrected chi connectivity index (χ3v) is 2.47. The zero-order valence-electron chi connectivity index (χ0n) is 7.70. The fraction of sp³-hybridized carbons (Fsp3) is 0.600. The van der Waals surface area contributed by atoms with E-state index in [1.54, 1.807) is 0 Å². The lowest BCUT2D eigenvalue weighted by atomic mass is 10.1. The number of aliphatic hydroxyl groups is 1. The highest BCUT2D eigenvalue weighted by Gasteiger charge is 2.13. The third-order valence-electron chi connectivity index (χ3n) is 2.47. The molecule has 0 aromatic carbocycles. The first kappa shape index (κ1) is 8.63. The molecule has 1 fully saturated rings. The second kappa shape index (κ2) is 3.83. The summed E-state index contributed by atoms with van der Waals surface area (Å²) in [5, 5.41) is 8.84. The SMILES string of the molecule is OCc1ccc(N2CCCCC2)o1. The van der Waals surface area contributed by atoms with Crippen LogP contribution in [0.4, 0.5) is 5.88 Å². The molecule has 0 aliphatic carbocycles. The molecule has 13 heavy (non-hydrogen) atoms. The van der Waals surface area contributed by atoms with Crippen LogP contribution in [0.2, 0.25) is 0 Å². The predicted octanol–water partition coefficient (Wildman–Crippen LogP) is 1.76. The third kappa shape index (κ3) is 1.86. The van der Waals surface area contributed by atoms with Gasteiger partial charge < -0.3 is 14.4 Å². The standard InChI is InChI=1S/C10H15NO2/c12-8-9-4-5-10(13-9)11-6-2-1-3-7-11/h4-5,12H,1-3,6-8H2. The van der Waals surface area contributed by atoms with Gasteiger partial charge in [-0.1, -0.05) is 0 Å². The zero-order chi connectivity index (χ0) is 9.10. The van der Waals surface area contributed by atoms with Gasteiger partial charge in [-0.05, 0) is 25.3 Å². The van der Waals surface area contributed by atoms with Gasteiger partial charge in [-0.3, -0.25) is 0 Å². The van der Waals surface area contributed by atoms with Crippen molar-refractivity contribution in [2.45, 2.75) is 25.9 Å².